The third-order valence-corrected chi connectivity index (χ3v) is 2.73. The van der Waals surface area contributed by atoms with Crippen LogP contribution in [0.15, 0.2) is 6.20 Å². The molecule has 0 fully saturated rings. The molecule has 1 heterocycles. The van der Waals surface area contributed by atoms with E-state index in [4.69, 9.17) is 10.5 Å². The molecule has 0 spiro atoms. The smallest absolute Gasteiger partial charge is 0.222 e. The first-order chi connectivity index (χ1) is 8.21. The van der Waals surface area contributed by atoms with E-state index >= 15 is 0 Å². The van der Waals surface area contributed by atoms with E-state index in [0.717, 1.165) is 12.8 Å². The molecule has 1 atom stereocenters. The third kappa shape index (κ3) is 4.09. The number of nitrogens with zero attached hydrogens (tertiary/aromatic N) is 2. The van der Waals surface area contributed by atoms with Crippen molar-refractivity contribution in [1.82, 2.24) is 9.97 Å². The van der Waals surface area contributed by atoms with Gasteiger partial charge in [-0.25, -0.2) is 4.98 Å². The van der Waals surface area contributed by atoms with E-state index in [9.17, 15) is 0 Å². The van der Waals surface area contributed by atoms with Crippen LogP contribution in [-0.2, 0) is 0 Å². The molecule has 1 unspecified atom stereocenters. The molecular weight excluding hydrogens is 216 g/mol. The zero-order chi connectivity index (χ0) is 12.7. The second kappa shape index (κ2) is 6.93. The maximum absolute atomic E-state index is 5.58. The lowest BCUT2D eigenvalue weighted by atomic mass is 10.1. The Balaban J connectivity index is 2.73. The highest BCUT2D eigenvalue weighted by atomic mass is 16.5. The van der Waals surface area contributed by atoms with Crippen molar-refractivity contribution in [2.24, 2.45) is 0 Å². The summed E-state index contributed by atoms with van der Waals surface area (Å²) in [6, 6.07) is 0.401. The maximum Gasteiger partial charge on any atom is 0.222 e. The van der Waals surface area contributed by atoms with E-state index in [1.165, 1.54) is 12.8 Å². The Morgan fingerprint density at radius 3 is 2.82 bits per heavy atom. The summed E-state index contributed by atoms with van der Waals surface area (Å²) in [5.74, 6) is 1.58. The van der Waals surface area contributed by atoms with Crippen LogP contribution in [0.3, 0.4) is 0 Å². The average Bonchev–Trinajstić information content (AvgIpc) is 2.34. The molecule has 17 heavy (non-hydrogen) atoms. The number of hydrogen-bond donors (Lipinski definition) is 2. The van der Waals surface area contributed by atoms with E-state index in [2.05, 4.69) is 29.1 Å². The molecule has 0 aromatic carbocycles. The zero-order valence-electron chi connectivity index (χ0n) is 10.9. The van der Waals surface area contributed by atoms with Crippen LogP contribution in [0.25, 0.3) is 0 Å². The zero-order valence-corrected chi connectivity index (χ0v) is 10.9. The second-order valence-corrected chi connectivity index (χ2v) is 4.04. The molecule has 96 valence electrons. The van der Waals surface area contributed by atoms with Crippen molar-refractivity contribution in [1.29, 1.82) is 0 Å². The molecule has 0 bridgehead atoms. The Bertz CT molecular complexity index is 343. The number of rotatable bonds is 7. The van der Waals surface area contributed by atoms with Crippen LogP contribution in [0.1, 0.15) is 39.5 Å². The molecular formula is C12H22N4O. The number of ether oxygens (including phenoxy) is 1. The van der Waals surface area contributed by atoms with Gasteiger partial charge in [-0.3, -0.25) is 0 Å². The molecule has 0 aliphatic heterocycles. The van der Waals surface area contributed by atoms with Crippen LogP contribution in [0.2, 0.25) is 0 Å². The third-order valence-electron chi connectivity index (χ3n) is 2.73. The van der Waals surface area contributed by atoms with Crippen molar-refractivity contribution in [3.05, 3.63) is 6.20 Å². The highest BCUT2D eigenvalue weighted by Crippen LogP contribution is 2.23. The first-order valence-electron chi connectivity index (χ1n) is 6.14. The summed E-state index contributed by atoms with van der Waals surface area (Å²) in [7, 11) is 1.60. The van der Waals surface area contributed by atoms with Crippen molar-refractivity contribution in [3.8, 4) is 5.75 Å². The highest BCUT2D eigenvalue weighted by molar-refractivity contribution is 5.51. The van der Waals surface area contributed by atoms with Gasteiger partial charge in [-0.1, -0.05) is 26.7 Å². The first kappa shape index (κ1) is 13.5. The molecule has 5 nitrogen and oxygen atoms in total. The summed E-state index contributed by atoms with van der Waals surface area (Å²) in [6.45, 7) is 4.35. The summed E-state index contributed by atoms with van der Waals surface area (Å²) in [5, 5.41) is 3.37. The normalized spacial score (nSPS) is 12.2. The molecule has 0 radical (unpaired) electrons. The number of methoxy groups -OCH3 is 1. The Labute approximate surface area is 103 Å². The fourth-order valence-electron chi connectivity index (χ4n) is 1.66. The summed E-state index contributed by atoms with van der Waals surface area (Å²) in [4.78, 5) is 8.08. The molecule has 1 aromatic heterocycles. The Hall–Kier alpha value is -1.52. The van der Waals surface area contributed by atoms with Gasteiger partial charge in [0.05, 0.1) is 13.3 Å². The predicted octanol–water partition coefficient (Wildman–Crippen LogP) is 2.45. The lowest BCUT2D eigenvalue weighted by Gasteiger charge is -2.18. The minimum absolute atomic E-state index is 0.263. The number of nitrogens with two attached hydrogens (primary N) is 1. The lowest BCUT2D eigenvalue weighted by molar-refractivity contribution is 0.411. The molecule has 0 saturated carbocycles. The molecule has 0 saturated heterocycles. The number of unbranched alkanes of at least 4 members (excludes halogenated alkanes) is 1. The Morgan fingerprint density at radius 2 is 2.24 bits per heavy atom. The largest absolute Gasteiger partial charge is 0.491 e. The van der Waals surface area contributed by atoms with Gasteiger partial charge >= 0.3 is 0 Å². The predicted molar refractivity (Wildman–Crippen MR) is 70.2 cm³/mol. The monoisotopic (exact) mass is 238 g/mol. The number of nitrogens with one attached hydrogen (secondary N) is 1. The summed E-state index contributed by atoms with van der Waals surface area (Å²) in [6.07, 6.45) is 6.17. The van der Waals surface area contributed by atoms with Gasteiger partial charge in [0.2, 0.25) is 5.95 Å². The number of aromatic nitrogens is 2. The SMILES string of the molecule is CCCCC(CC)Nc1nc(N)ncc1OC. The lowest BCUT2D eigenvalue weighted by Crippen LogP contribution is -2.20. The van der Waals surface area contributed by atoms with Gasteiger partial charge in [-0.15, -0.1) is 0 Å². The van der Waals surface area contributed by atoms with Crippen LogP contribution >= 0.6 is 0 Å². The standard InChI is InChI=1S/C12H22N4O/c1-4-6-7-9(5-2)15-11-10(17-3)8-14-12(13)16-11/h8-9H,4-7H2,1-3H3,(H3,13,14,15,16). The van der Waals surface area contributed by atoms with Crippen molar-refractivity contribution >= 4 is 11.8 Å². The maximum atomic E-state index is 5.58. The van der Waals surface area contributed by atoms with Gasteiger partial charge in [0, 0.05) is 6.04 Å². The van der Waals surface area contributed by atoms with Gasteiger partial charge in [0.25, 0.3) is 0 Å². The summed E-state index contributed by atoms with van der Waals surface area (Å²) >= 11 is 0. The molecule has 5 heteroatoms. The van der Waals surface area contributed by atoms with Gasteiger partial charge in [0.15, 0.2) is 11.6 Å². The summed E-state index contributed by atoms with van der Waals surface area (Å²) < 4.78 is 5.21. The van der Waals surface area contributed by atoms with Crippen LogP contribution in [0.4, 0.5) is 11.8 Å². The fraction of sp³-hybridized carbons (Fsp3) is 0.667. The van der Waals surface area contributed by atoms with Crippen molar-refractivity contribution in [3.63, 3.8) is 0 Å². The molecule has 0 amide bonds. The van der Waals surface area contributed by atoms with Gasteiger partial charge in [0.1, 0.15) is 0 Å². The Kier molecular flexibility index (Phi) is 5.52. The van der Waals surface area contributed by atoms with E-state index in [1.807, 2.05) is 0 Å². The second-order valence-electron chi connectivity index (χ2n) is 4.04. The van der Waals surface area contributed by atoms with E-state index in [-0.39, 0.29) is 5.95 Å². The van der Waals surface area contributed by atoms with Crippen LogP contribution in [0, 0.1) is 0 Å². The Morgan fingerprint density at radius 1 is 1.47 bits per heavy atom. The van der Waals surface area contributed by atoms with Gasteiger partial charge in [-0.2, -0.15) is 4.98 Å². The van der Waals surface area contributed by atoms with E-state index in [1.54, 1.807) is 13.3 Å². The average molecular weight is 238 g/mol. The van der Waals surface area contributed by atoms with Crippen molar-refractivity contribution < 1.29 is 4.74 Å². The summed E-state index contributed by atoms with van der Waals surface area (Å²) in [5.41, 5.74) is 5.58. The topological polar surface area (TPSA) is 73.1 Å². The fourth-order valence-corrected chi connectivity index (χ4v) is 1.66. The molecule has 0 aliphatic rings. The minimum atomic E-state index is 0.263. The van der Waals surface area contributed by atoms with Crippen LogP contribution in [0.5, 0.6) is 5.75 Å². The van der Waals surface area contributed by atoms with Crippen LogP contribution in [-0.4, -0.2) is 23.1 Å². The number of hydrogen-bond acceptors (Lipinski definition) is 5. The molecule has 1 rings (SSSR count). The molecule has 1 aromatic rings. The minimum Gasteiger partial charge on any atom is -0.491 e. The van der Waals surface area contributed by atoms with Crippen LogP contribution < -0.4 is 15.8 Å². The quantitative estimate of drug-likeness (QED) is 0.763. The molecule has 3 N–H and O–H groups in total. The van der Waals surface area contributed by atoms with Crippen molar-refractivity contribution in [2.75, 3.05) is 18.2 Å². The highest BCUT2D eigenvalue weighted by Gasteiger charge is 2.11. The van der Waals surface area contributed by atoms with Gasteiger partial charge in [-0.05, 0) is 12.8 Å². The number of anilines is 2. The van der Waals surface area contributed by atoms with Crippen molar-refractivity contribution in [2.45, 2.75) is 45.6 Å². The van der Waals surface area contributed by atoms with E-state index in [0.29, 0.717) is 17.6 Å². The van der Waals surface area contributed by atoms with E-state index < -0.39 is 0 Å². The van der Waals surface area contributed by atoms with Gasteiger partial charge < -0.3 is 15.8 Å². The molecule has 0 aliphatic carbocycles. The first-order valence-corrected chi connectivity index (χ1v) is 6.14. The number of nitrogen functional groups attached to an aromatic ring is 1.